The second kappa shape index (κ2) is 8.20. The van der Waals surface area contributed by atoms with Gasteiger partial charge >= 0.3 is 0 Å². The lowest BCUT2D eigenvalue weighted by molar-refractivity contribution is 0.0166. The first-order valence-corrected chi connectivity index (χ1v) is 12.5. The fourth-order valence-electron chi connectivity index (χ4n) is 5.15. The number of aliphatic hydroxyl groups is 2. The van der Waals surface area contributed by atoms with Gasteiger partial charge in [0.25, 0.3) is 0 Å². The van der Waals surface area contributed by atoms with Crippen LogP contribution in [0.4, 0.5) is 11.5 Å². The number of hydrogen-bond donors (Lipinski definition) is 3. The molecule has 9 heteroatoms. The summed E-state index contributed by atoms with van der Waals surface area (Å²) in [6.07, 6.45) is 11.5. The van der Waals surface area contributed by atoms with Gasteiger partial charge in [-0.1, -0.05) is 0 Å². The summed E-state index contributed by atoms with van der Waals surface area (Å²) in [7, 11) is 0. The summed E-state index contributed by atoms with van der Waals surface area (Å²) in [5.74, 6) is 2.25. The number of anilines is 2. The molecule has 2 aliphatic carbocycles. The lowest BCUT2D eigenvalue weighted by Crippen LogP contribution is -2.53. The molecule has 2 fully saturated rings. The minimum atomic E-state index is -1.15. The Morgan fingerprint density at radius 2 is 1.80 bits per heavy atom. The van der Waals surface area contributed by atoms with E-state index in [4.69, 9.17) is 9.84 Å². The Bertz CT molecular complexity index is 1230. The first kappa shape index (κ1) is 22.3. The van der Waals surface area contributed by atoms with E-state index < -0.39 is 11.3 Å². The van der Waals surface area contributed by atoms with Gasteiger partial charge in [-0.05, 0) is 70.6 Å². The van der Waals surface area contributed by atoms with Crippen LogP contribution in [0.2, 0.25) is 0 Å². The second-order valence-electron chi connectivity index (χ2n) is 10.7. The van der Waals surface area contributed by atoms with Gasteiger partial charge in [0.15, 0.2) is 11.5 Å². The monoisotopic (exact) mass is 476 g/mol. The topological polar surface area (TPSA) is 109 Å². The zero-order chi connectivity index (χ0) is 24.2. The third kappa shape index (κ3) is 4.58. The van der Waals surface area contributed by atoms with Gasteiger partial charge in [0.2, 0.25) is 0 Å². The van der Waals surface area contributed by atoms with Crippen LogP contribution in [-0.2, 0) is 6.42 Å². The van der Waals surface area contributed by atoms with Crippen molar-refractivity contribution in [2.75, 3.05) is 10.4 Å². The molecule has 3 aromatic rings. The van der Waals surface area contributed by atoms with Crippen LogP contribution in [0.1, 0.15) is 75.7 Å². The molecule has 3 aromatic heterocycles. The van der Waals surface area contributed by atoms with Gasteiger partial charge in [0, 0.05) is 36.5 Å². The molecule has 6 rings (SSSR count). The van der Waals surface area contributed by atoms with Crippen LogP contribution in [0.3, 0.4) is 0 Å². The van der Waals surface area contributed by atoms with Crippen molar-refractivity contribution in [1.29, 1.82) is 0 Å². The molecular formula is C26H32N6O3. The molecule has 1 unspecified atom stereocenters. The maximum Gasteiger partial charge on any atom is 0.168 e. The van der Waals surface area contributed by atoms with Gasteiger partial charge in [-0.25, -0.2) is 4.98 Å². The molecule has 9 nitrogen and oxygen atoms in total. The normalized spacial score (nSPS) is 28.1. The molecule has 1 atom stereocenters. The molecule has 184 valence electrons. The van der Waals surface area contributed by atoms with Crippen molar-refractivity contribution in [3.05, 3.63) is 54.2 Å². The minimum Gasteiger partial charge on any atom is -0.454 e. The third-order valence-corrected chi connectivity index (χ3v) is 7.34. The van der Waals surface area contributed by atoms with Crippen LogP contribution in [0.25, 0.3) is 0 Å². The van der Waals surface area contributed by atoms with Crippen LogP contribution >= 0.6 is 0 Å². The highest BCUT2D eigenvalue weighted by molar-refractivity contribution is 5.58. The number of aromatic nitrogens is 4. The molecule has 2 saturated carbocycles. The maximum absolute atomic E-state index is 11.0. The van der Waals surface area contributed by atoms with Gasteiger partial charge in [-0.2, -0.15) is 5.10 Å². The highest BCUT2D eigenvalue weighted by Crippen LogP contribution is 2.44. The van der Waals surface area contributed by atoms with Gasteiger partial charge in [-0.15, -0.1) is 0 Å². The first-order chi connectivity index (χ1) is 16.8. The van der Waals surface area contributed by atoms with E-state index in [-0.39, 0.29) is 5.92 Å². The predicted molar refractivity (Wildman–Crippen MR) is 131 cm³/mol. The quantitative estimate of drug-likeness (QED) is 0.483. The van der Waals surface area contributed by atoms with E-state index in [0.29, 0.717) is 24.0 Å². The highest BCUT2D eigenvalue weighted by Gasteiger charge is 2.36. The minimum absolute atomic E-state index is 0.272. The van der Waals surface area contributed by atoms with E-state index in [9.17, 15) is 10.2 Å². The predicted octanol–water partition coefficient (Wildman–Crippen LogP) is 4.31. The van der Waals surface area contributed by atoms with Crippen molar-refractivity contribution < 1.29 is 14.9 Å². The molecule has 3 N–H and O–H groups in total. The van der Waals surface area contributed by atoms with Crippen molar-refractivity contribution in [3.63, 3.8) is 0 Å². The summed E-state index contributed by atoms with van der Waals surface area (Å²) in [4.78, 5) is 8.75. The van der Waals surface area contributed by atoms with E-state index in [1.54, 1.807) is 24.3 Å². The Hall–Kier alpha value is -3.17. The van der Waals surface area contributed by atoms with E-state index in [2.05, 4.69) is 15.4 Å². The Kier molecular flexibility index (Phi) is 5.23. The summed E-state index contributed by atoms with van der Waals surface area (Å²) < 4.78 is 8.43. The van der Waals surface area contributed by atoms with Crippen LogP contribution < -0.4 is 15.2 Å². The lowest BCUT2D eigenvalue weighted by Gasteiger charge is -2.41. The Labute approximate surface area is 204 Å². The number of hydrogen-bond acceptors (Lipinski definition) is 8. The van der Waals surface area contributed by atoms with Gasteiger partial charge in [-0.3, -0.25) is 20.1 Å². The zero-order valence-electron chi connectivity index (χ0n) is 20.2. The zero-order valence-corrected chi connectivity index (χ0v) is 20.2. The molecule has 0 spiro atoms. The Morgan fingerprint density at radius 1 is 1.03 bits per heavy atom. The van der Waals surface area contributed by atoms with Gasteiger partial charge in [0.05, 0.1) is 23.5 Å². The molecule has 0 saturated heterocycles. The van der Waals surface area contributed by atoms with Crippen LogP contribution in [0.5, 0.6) is 11.5 Å². The molecule has 35 heavy (non-hydrogen) atoms. The first-order valence-electron chi connectivity index (χ1n) is 12.5. The second-order valence-corrected chi connectivity index (χ2v) is 10.7. The number of ether oxygens (including phenoxy) is 1. The van der Waals surface area contributed by atoms with Crippen molar-refractivity contribution in [2.45, 2.75) is 82.1 Å². The summed E-state index contributed by atoms with van der Waals surface area (Å²) in [5, 5.41) is 28.0. The lowest BCUT2D eigenvalue weighted by atomic mass is 9.78. The number of pyridine rings is 2. The Balaban J connectivity index is 1.24. The largest absolute Gasteiger partial charge is 0.454 e. The number of rotatable bonds is 6. The number of nitrogens with one attached hydrogen (secondary N) is 1. The summed E-state index contributed by atoms with van der Waals surface area (Å²) in [6, 6.07) is 7.92. The molecule has 4 heterocycles. The number of nitrogens with zero attached hydrogens (tertiary/aromatic N) is 5. The highest BCUT2D eigenvalue weighted by atomic mass is 16.5. The SMILES string of the molecule is CC1(O)CCC(c2nn(C3CC3)cc2Oc2ccnc(NN3c4ccnc(c4)CC3(C)O)c2)CC1. The van der Waals surface area contributed by atoms with Crippen molar-refractivity contribution in [3.8, 4) is 11.5 Å². The Morgan fingerprint density at radius 3 is 2.57 bits per heavy atom. The van der Waals surface area contributed by atoms with Crippen molar-refractivity contribution >= 4 is 11.5 Å². The molecule has 3 aliphatic rings. The average molecular weight is 477 g/mol. The molecule has 1 aliphatic heterocycles. The van der Waals surface area contributed by atoms with Crippen LogP contribution in [-0.4, -0.2) is 41.3 Å². The number of hydrazine groups is 1. The molecule has 0 aromatic carbocycles. The fourth-order valence-corrected chi connectivity index (χ4v) is 5.15. The summed E-state index contributed by atoms with van der Waals surface area (Å²) >= 11 is 0. The maximum atomic E-state index is 11.0. The van der Waals surface area contributed by atoms with Crippen LogP contribution in [0.15, 0.2) is 42.9 Å². The third-order valence-electron chi connectivity index (χ3n) is 7.34. The van der Waals surface area contributed by atoms with Crippen molar-refractivity contribution in [2.24, 2.45) is 0 Å². The fraction of sp³-hybridized carbons (Fsp3) is 0.500. The molecule has 0 radical (unpaired) electrons. The smallest absolute Gasteiger partial charge is 0.168 e. The summed E-state index contributed by atoms with van der Waals surface area (Å²) in [5.41, 5.74) is 4.15. The van der Waals surface area contributed by atoms with Crippen molar-refractivity contribution in [1.82, 2.24) is 19.7 Å². The number of fused-ring (bicyclic) bond motifs is 2. The van der Waals surface area contributed by atoms with E-state index in [0.717, 1.165) is 61.3 Å². The average Bonchev–Trinajstić information content (AvgIpc) is 3.58. The van der Waals surface area contributed by atoms with Gasteiger partial charge in [0.1, 0.15) is 17.3 Å². The van der Waals surface area contributed by atoms with E-state index in [1.807, 2.05) is 42.1 Å². The van der Waals surface area contributed by atoms with Crippen LogP contribution in [0, 0.1) is 0 Å². The van der Waals surface area contributed by atoms with E-state index >= 15 is 0 Å². The standard InChI is InChI=1S/C26H32N6O3/c1-25(33)9-5-17(6-10-25)24-22(16-31(30-24)19-3-4-19)35-21-8-12-28-23(14-21)29-32-20-7-11-27-18(13-20)15-26(32,2)34/h7-8,11-14,16-17,19,33-34H,3-6,9-10,15H2,1-2H3,(H,28,29). The molecule has 2 bridgehead atoms. The molecular weight excluding hydrogens is 444 g/mol. The molecule has 0 amide bonds. The van der Waals surface area contributed by atoms with Gasteiger partial charge < -0.3 is 14.9 Å². The van der Waals surface area contributed by atoms with E-state index in [1.165, 1.54) is 0 Å². The summed E-state index contributed by atoms with van der Waals surface area (Å²) in [6.45, 7) is 3.67.